The number of carbonyl (C=O) groups is 2. The lowest BCUT2D eigenvalue weighted by Gasteiger charge is -2.27. The number of nitrogens with one attached hydrogen (secondary N) is 2. The Morgan fingerprint density at radius 2 is 2.18 bits per heavy atom. The molecule has 180 valence electrons. The molecule has 2 aliphatic rings. The normalized spacial score (nSPS) is 22.9. The Labute approximate surface area is 204 Å². The van der Waals surface area contributed by atoms with Crippen LogP contribution < -0.4 is 15.5 Å². The van der Waals surface area contributed by atoms with Gasteiger partial charge in [-0.3, -0.25) is 9.59 Å². The van der Waals surface area contributed by atoms with Crippen molar-refractivity contribution in [3.63, 3.8) is 0 Å². The third kappa shape index (κ3) is 4.74. The largest absolute Gasteiger partial charge is 0.396 e. The number of fused-ring (bicyclic) bond motifs is 1. The summed E-state index contributed by atoms with van der Waals surface area (Å²) >= 11 is 6.22. The van der Waals surface area contributed by atoms with Crippen LogP contribution in [0, 0.1) is 5.92 Å². The van der Waals surface area contributed by atoms with Gasteiger partial charge in [-0.05, 0) is 61.7 Å². The van der Waals surface area contributed by atoms with Crippen molar-refractivity contribution in [2.24, 2.45) is 5.92 Å². The molecule has 0 unspecified atom stereocenters. The van der Waals surface area contributed by atoms with Gasteiger partial charge in [0, 0.05) is 28.8 Å². The number of anilines is 2. The van der Waals surface area contributed by atoms with E-state index in [1.54, 1.807) is 42.2 Å². The molecule has 2 heterocycles. The first kappa shape index (κ1) is 24.4. The molecule has 0 spiro atoms. The van der Waals surface area contributed by atoms with Crippen LogP contribution in [0.2, 0.25) is 5.02 Å². The van der Waals surface area contributed by atoms with Gasteiger partial charge >= 0.3 is 0 Å². The van der Waals surface area contributed by atoms with Crippen LogP contribution in [0.15, 0.2) is 54.6 Å². The molecular formula is C26H30ClN3O4. The second kappa shape index (κ2) is 10.3. The number of amides is 2. The van der Waals surface area contributed by atoms with E-state index in [0.717, 1.165) is 24.9 Å². The molecule has 4 rings (SSSR count). The Bertz CT molecular complexity index is 1100. The van der Waals surface area contributed by atoms with Gasteiger partial charge in [0.2, 0.25) is 5.91 Å². The second-order valence-electron chi connectivity index (χ2n) is 8.89. The van der Waals surface area contributed by atoms with Crippen molar-refractivity contribution < 1.29 is 19.8 Å². The third-order valence-electron chi connectivity index (χ3n) is 6.52. The van der Waals surface area contributed by atoms with Gasteiger partial charge in [0.15, 0.2) is 5.60 Å². The molecule has 0 radical (unpaired) electrons. The summed E-state index contributed by atoms with van der Waals surface area (Å²) in [4.78, 5) is 27.6. The zero-order valence-electron chi connectivity index (χ0n) is 19.1. The highest BCUT2D eigenvalue weighted by Gasteiger charge is 2.52. The fourth-order valence-corrected chi connectivity index (χ4v) is 4.83. The molecule has 2 aliphatic heterocycles. The summed E-state index contributed by atoms with van der Waals surface area (Å²) in [6.45, 7) is 2.84. The van der Waals surface area contributed by atoms with Gasteiger partial charge in [0.25, 0.3) is 5.91 Å². The molecule has 2 amide bonds. The number of hydrogen-bond donors (Lipinski definition) is 4. The highest BCUT2D eigenvalue weighted by atomic mass is 35.5. The Kier molecular flexibility index (Phi) is 7.38. The van der Waals surface area contributed by atoms with Gasteiger partial charge in [-0.25, -0.2) is 0 Å². The first-order valence-corrected chi connectivity index (χ1v) is 12.0. The Morgan fingerprint density at radius 1 is 1.35 bits per heavy atom. The molecule has 0 aromatic heterocycles. The summed E-state index contributed by atoms with van der Waals surface area (Å²) in [6.07, 6.45) is 5.74. The number of carbonyl (C=O) groups excluding carboxylic acids is 2. The van der Waals surface area contributed by atoms with Crippen LogP contribution in [0.25, 0.3) is 0 Å². The van der Waals surface area contributed by atoms with E-state index in [4.69, 9.17) is 16.7 Å². The fraction of sp³-hybridized carbons (Fsp3) is 0.385. The topological polar surface area (TPSA) is 102 Å². The minimum Gasteiger partial charge on any atom is -0.396 e. The van der Waals surface area contributed by atoms with E-state index in [2.05, 4.69) is 10.6 Å². The first-order valence-electron chi connectivity index (χ1n) is 11.6. The molecule has 0 saturated carbocycles. The van der Waals surface area contributed by atoms with Gasteiger partial charge in [-0.1, -0.05) is 42.8 Å². The number of nitrogens with zero attached hydrogens (tertiary/aromatic N) is 1. The highest BCUT2D eigenvalue weighted by molar-refractivity contribution is 6.31. The van der Waals surface area contributed by atoms with Crippen molar-refractivity contribution in [2.75, 3.05) is 23.4 Å². The first-order chi connectivity index (χ1) is 16.3. The van der Waals surface area contributed by atoms with Crippen LogP contribution in [-0.4, -0.2) is 41.2 Å². The van der Waals surface area contributed by atoms with Crippen LogP contribution in [-0.2, 0) is 21.7 Å². The van der Waals surface area contributed by atoms with Crippen LogP contribution in [0.5, 0.6) is 0 Å². The zero-order chi connectivity index (χ0) is 24.3. The predicted molar refractivity (Wildman–Crippen MR) is 133 cm³/mol. The van der Waals surface area contributed by atoms with E-state index in [1.165, 1.54) is 0 Å². The Balaban J connectivity index is 1.59. The van der Waals surface area contributed by atoms with Gasteiger partial charge in [0.05, 0.1) is 18.3 Å². The van der Waals surface area contributed by atoms with Crippen molar-refractivity contribution >= 4 is 34.8 Å². The average molecular weight is 484 g/mol. The lowest BCUT2D eigenvalue weighted by Crippen LogP contribution is -2.44. The van der Waals surface area contributed by atoms with Gasteiger partial charge in [0.1, 0.15) is 0 Å². The van der Waals surface area contributed by atoms with Crippen molar-refractivity contribution in [3.05, 3.63) is 70.8 Å². The maximum Gasteiger partial charge on any atom is 0.264 e. The van der Waals surface area contributed by atoms with E-state index in [9.17, 15) is 14.7 Å². The van der Waals surface area contributed by atoms with Crippen molar-refractivity contribution in [2.45, 2.75) is 44.4 Å². The van der Waals surface area contributed by atoms with E-state index in [0.29, 0.717) is 28.4 Å². The molecule has 0 bridgehead atoms. The molecule has 4 N–H and O–H groups in total. The summed E-state index contributed by atoms with van der Waals surface area (Å²) in [5, 5.41) is 27.3. The van der Waals surface area contributed by atoms with Gasteiger partial charge in [-0.2, -0.15) is 0 Å². The maximum atomic E-state index is 13.6. The van der Waals surface area contributed by atoms with E-state index in [-0.39, 0.29) is 25.1 Å². The Morgan fingerprint density at radius 3 is 2.91 bits per heavy atom. The van der Waals surface area contributed by atoms with Crippen LogP contribution in [0.1, 0.15) is 37.3 Å². The average Bonchev–Trinajstić information content (AvgIpc) is 3.43. The second-order valence-corrected chi connectivity index (χ2v) is 9.32. The number of hydrogen-bond acceptors (Lipinski definition) is 5. The molecule has 1 fully saturated rings. The summed E-state index contributed by atoms with van der Waals surface area (Å²) in [5.74, 6) is -1.03. The zero-order valence-corrected chi connectivity index (χ0v) is 19.9. The van der Waals surface area contributed by atoms with E-state index < -0.39 is 17.4 Å². The van der Waals surface area contributed by atoms with Gasteiger partial charge < -0.3 is 25.7 Å². The number of rotatable bonds is 8. The summed E-state index contributed by atoms with van der Waals surface area (Å²) < 4.78 is 0. The van der Waals surface area contributed by atoms with Crippen LogP contribution in [0.3, 0.4) is 0 Å². The monoisotopic (exact) mass is 483 g/mol. The van der Waals surface area contributed by atoms with Crippen molar-refractivity contribution in [3.8, 4) is 0 Å². The van der Waals surface area contributed by atoms with Crippen LogP contribution >= 0.6 is 11.6 Å². The Hall–Kier alpha value is -2.71. The number of halogens is 1. The fourth-order valence-electron chi connectivity index (χ4n) is 4.66. The molecule has 0 aliphatic carbocycles. The number of benzene rings is 2. The lowest BCUT2D eigenvalue weighted by atomic mass is 9.83. The predicted octanol–water partition coefficient (Wildman–Crippen LogP) is 3.34. The highest BCUT2D eigenvalue weighted by Crippen LogP contribution is 2.46. The molecule has 8 heteroatoms. The molecule has 2 aromatic rings. The molecule has 7 nitrogen and oxygen atoms in total. The SMILES string of the molecule is C[C@@H](/C=C/CCO)[C@]1(O)C(=O)N(Cc2cccc(NC(=O)[C@H]3CCCN3)c2)c2ccc(Cl)cc21. The number of aliphatic hydroxyl groups excluding tert-OH is 1. The smallest absolute Gasteiger partial charge is 0.264 e. The minimum atomic E-state index is -1.77. The molecule has 3 atom stereocenters. The summed E-state index contributed by atoms with van der Waals surface area (Å²) in [7, 11) is 0. The summed E-state index contributed by atoms with van der Waals surface area (Å²) in [6, 6.07) is 12.3. The molecule has 1 saturated heterocycles. The maximum absolute atomic E-state index is 13.6. The van der Waals surface area contributed by atoms with Crippen molar-refractivity contribution in [1.82, 2.24) is 5.32 Å². The number of aliphatic hydroxyl groups is 2. The lowest BCUT2D eigenvalue weighted by molar-refractivity contribution is -0.139. The summed E-state index contributed by atoms with van der Waals surface area (Å²) in [5.41, 5.74) is 0.771. The quantitative estimate of drug-likeness (QED) is 0.431. The van der Waals surface area contributed by atoms with Crippen LogP contribution in [0.4, 0.5) is 11.4 Å². The standard InChI is InChI=1S/C26H30ClN3O4/c1-17(6-2-3-13-31)26(34)21-15-19(27)10-11-23(21)30(25(26)33)16-18-7-4-8-20(14-18)29-24(32)22-9-5-12-28-22/h2,4,6-8,10-11,14-15,17,22,28,31,34H,3,5,9,12-13,16H2,1H3,(H,29,32)/b6-2+/t17-,22+,26+/m0/s1. The third-order valence-corrected chi connectivity index (χ3v) is 6.76. The van der Waals surface area contributed by atoms with E-state index in [1.807, 2.05) is 24.3 Å². The molecule has 34 heavy (non-hydrogen) atoms. The molecular weight excluding hydrogens is 454 g/mol. The minimum absolute atomic E-state index is 0.00613. The van der Waals surface area contributed by atoms with Crippen molar-refractivity contribution in [1.29, 1.82) is 0 Å². The molecule has 2 aromatic carbocycles. The van der Waals surface area contributed by atoms with Gasteiger partial charge in [-0.15, -0.1) is 0 Å². The van der Waals surface area contributed by atoms with E-state index >= 15 is 0 Å².